The van der Waals surface area contributed by atoms with E-state index >= 15 is 0 Å². The molecule has 5 rings (SSSR count). The lowest BCUT2D eigenvalue weighted by atomic mass is 10.1. The van der Waals surface area contributed by atoms with Crippen molar-refractivity contribution in [3.8, 4) is 0 Å². The zero-order chi connectivity index (χ0) is 24.5. The molecule has 4 heterocycles. The Kier molecular flexibility index (Phi) is 6.92. The molecule has 2 fully saturated rings. The van der Waals surface area contributed by atoms with Gasteiger partial charge in [0.2, 0.25) is 5.95 Å². The van der Waals surface area contributed by atoms with Crippen LogP contribution in [0.15, 0.2) is 33.8 Å². The third kappa shape index (κ3) is 4.73. The molecule has 1 saturated carbocycles. The van der Waals surface area contributed by atoms with Crippen LogP contribution in [-0.2, 0) is 5.33 Å². The highest BCUT2D eigenvalue weighted by molar-refractivity contribution is 9.10. The van der Waals surface area contributed by atoms with Crippen LogP contribution in [0, 0.1) is 0 Å². The fourth-order valence-corrected chi connectivity index (χ4v) is 6.33. The van der Waals surface area contributed by atoms with E-state index in [2.05, 4.69) is 52.0 Å². The van der Waals surface area contributed by atoms with Gasteiger partial charge in [0.25, 0.3) is 5.56 Å². The second-order valence-electron chi connectivity index (χ2n) is 8.75. The fraction of sp³-hybridized carbons (Fsp3) is 0.435. The molecule has 2 aliphatic rings. The van der Waals surface area contributed by atoms with E-state index in [1.54, 1.807) is 12.4 Å². The predicted molar refractivity (Wildman–Crippen MR) is 141 cm³/mol. The summed E-state index contributed by atoms with van der Waals surface area (Å²) in [5, 5.41) is 13.6. The van der Waals surface area contributed by atoms with Gasteiger partial charge in [0.1, 0.15) is 11.5 Å². The SMILES string of the molecule is O=C(O)N1CCN(c2ccc(Nc3ncc4c(CBr)c(Br)c(=O)n(C5CCCC5)c4n3)nc2)CC1. The number of fused-ring (bicyclic) bond motifs is 1. The second-order valence-corrected chi connectivity index (χ2v) is 10.1. The zero-order valence-electron chi connectivity index (χ0n) is 19.0. The van der Waals surface area contributed by atoms with Crippen LogP contribution in [0.4, 0.5) is 22.2 Å². The molecule has 12 heteroatoms. The van der Waals surface area contributed by atoms with Crippen LogP contribution >= 0.6 is 31.9 Å². The maximum absolute atomic E-state index is 13.2. The van der Waals surface area contributed by atoms with E-state index in [1.807, 2.05) is 16.7 Å². The van der Waals surface area contributed by atoms with Gasteiger partial charge in [-0.1, -0.05) is 28.8 Å². The first-order valence-electron chi connectivity index (χ1n) is 11.6. The molecule has 2 N–H and O–H groups in total. The maximum Gasteiger partial charge on any atom is 0.407 e. The Hall–Kier alpha value is -2.73. The number of hydrogen-bond acceptors (Lipinski definition) is 7. The number of nitrogens with one attached hydrogen (secondary N) is 1. The Morgan fingerprint density at radius 1 is 1.11 bits per heavy atom. The number of aromatic nitrogens is 4. The molecule has 1 amide bonds. The minimum absolute atomic E-state index is 0.0611. The van der Waals surface area contributed by atoms with Crippen LogP contribution in [0.3, 0.4) is 0 Å². The third-order valence-electron chi connectivity index (χ3n) is 6.72. The van der Waals surface area contributed by atoms with Gasteiger partial charge >= 0.3 is 6.09 Å². The van der Waals surface area contributed by atoms with E-state index in [-0.39, 0.29) is 11.6 Å². The summed E-state index contributed by atoms with van der Waals surface area (Å²) in [6.45, 7) is 2.18. The maximum atomic E-state index is 13.2. The molecule has 184 valence electrons. The lowest BCUT2D eigenvalue weighted by Crippen LogP contribution is -2.48. The molecule has 0 atom stereocenters. The van der Waals surface area contributed by atoms with Gasteiger partial charge in [-0.2, -0.15) is 4.98 Å². The van der Waals surface area contributed by atoms with Crippen LogP contribution in [0.2, 0.25) is 0 Å². The molecule has 10 nitrogen and oxygen atoms in total. The molecule has 1 saturated heterocycles. The average molecular weight is 607 g/mol. The number of piperazine rings is 1. The van der Waals surface area contributed by atoms with Gasteiger partial charge in [-0.05, 0) is 46.5 Å². The molecule has 0 aromatic carbocycles. The third-order valence-corrected chi connectivity index (χ3v) is 8.10. The molecule has 1 aliphatic carbocycles. The molecule has 0 bridgehead atoms. The number of alkyl halides is 1. The molecular formula is C23H25Br2N7O3. The van der Waals surface area contributed by atoms with E-state index < -0.39 is 6.09 Å². The van der Waals surface area contributed by atoms with Gasteiger partial charge in [-0.15, -0.1) is 0 Å². The molecule has 1 aliphatic heterocycles. The number of pyridine rings is 2. The summed E-state index contributed by atoms with van der Waals surface area (Å²) in [5.41, 5.74) is 2.34. The van der Waals surface area contributed by atoms with Crippen LogP contribution < -0.4 is 15.8 Å². The van der Waals surface area contributed by atoms with Crippen molar-refractivity contribution in [3.63, 3.8) is 0 Å². The molecule has 3 aromatic rings. The Bertz CT molecular complexity index is 1300. The number of nitrogens with zero attached hydrogens (tertiary/aromatic N) is 6. The fourth-order valence-electron chi connectivity index (χ4n) is 4.83. The predicted octanol–water partition coefficient (Wildman–Crippen LogP) is 4.50. The largest absolute Gasteiger partial charge is 0.465 e. The Morgan fingerprint density at radius 2 is 1.86 bits per heavy atom. The average Bonchev–Trinajstić information content (AvgIpc) is 3.40. The quantitative estimate of drug-likeness (QED) is 0.408. The number of amides is 1. The van der Waals surface area contributed by atoms with E-state index in [4.69, 9.17) is 10.1 Å². The smallest absolute Gasteiger partial charge is 0.407 e. The monoisotopic (exact) mass is 605 g/mol. The van der Waals surface area contributed by atoms with E-state index in [0.29, 0.717) is 53.4 Å². The van der Waals surface area contributed by atoms with Gasteiger partial charge in [0, 0.05) is 49.1 Å². The van der Waals surface area contributed by atoms with Gasteiger partial charge < -0.3 is 20.2 Å². The number of hydrogen-bond donors (Lipinski definition) is 2. The molecule has 35 heavy (non-hydrogen) atoms. The number of carbonyl (C=O) groups is 1. The number of anilines is 3. The van der Waals surface area contributed by atoms with Crippen molar-refractivity contribution < 1.29 is 9.90 Å². The van der Waals surface area contributed by atoms with Crippen molar-refractivity contribution in [1.82, 2.24) is 24.4 Å². The highest BCUT2D eigenvalue weighted by Gasteiger charge is 2.25. The van der Waals surface area contributed by atoms with Gasteiger partial charge in [0.15, 0.2) is 0 Å². The zero-order valence-corrected chi connectivity index (χ0v) is 22.1. The van der Waals surface area contributed by atoms with E-state index in [9.17, 15) is 9.59 Å². The number of rotatable bonds is 5. The van der Waals surface area contributed by atoms with Crippen molar-refractivity contribution in [2.45, 2.75) is 37.1 Å². The summed E-state index contributed by atoms with van der Waals surface area (Å²) in [6.07, 6.45) is 6.77. The van der Waals surface area contributed by atoms with Crippen LogP contribution in [0.5, 0.6) is 0 Å². The standard InChI is InChI=1S/C23H25Br2N7O3/c24-11-16-17-13-27-22(29-20(17)32(21(33)19(16)25)14-3-1-2-4-14)28-18-6-5-15(12-26-18)30-7-9-31(10-8-30)23(34)35/h5-6,12-14H,1-4,7-11H2,(H,34,35)(H,26,27,28,29). The number of halogens is 2. The minimum Gasteiger partial charge on any atom is -0.465 e. The van der Waals surface area contributed by atoms with E-state index in [0.717, 1.165) is 42.3 Å². The van der Waals surface area contributed by atoms with Crippen molar-refractivity contribution >= 4 is 66.4 Å². The highest BCUT2D eigenvalue weighted by atomic mass is 79.9. The summed E-state index contributed by atoms with van der Waals surface area (Å²) < 4.78 is 2.37. The highest BCUT2D eigenvalue weighted by Crippen LogP contribution is 2.33. The lowest BCUT2D eigenvalue weighted by molar-refractivity contribution is 0.142. The van der Waals surface area contributed by atoms with Gasteiger partial charge in [-0.3, -0.25) is 9.36 Å². The number of carboxylic acid groups (broad SMARTS) is 1. The molecular weight excluding hydrogens is 582 g/mol. The minimum atomic E-state index is -0.883. The Labute approximate surface area is 218 Å². The lowest BCUT2D eigenvalue weighted by Gasteiger charge is -2.34. The Morgan fingerprint density at radius 3 is 2.49 bits per heavy atom. The van der Waals surface area contributed by atoms with Crippen molar-refractivity contribution in [2.75, 3.05) is 36.4 Å². The summed E-state index contributed by atoms with van der Waals surface area (Å²) in [7, 11) is 0. The topological polar surface area (TPSA) is 116 Å². The summed E-state index contributed by atoms with van der Waals surface area (Å²) in [5.74, 6) is 0.965. The van der Waals surface area contributed by atoms with E-state index in [1.165, 1.54) is 4.90 Å². The molecule has 0 spiro atoms. The first-order valence-corrected chi connectivity index (χ1v) is 13.5. The first-order chi connectivity index (χ1) is 17.0. The van der Waals surface area contributed by atoms with Crippen LogP contribution in [0.25, 0.3) is 11.0 Å². The van der Waals surface area contributed by atoms with Crippen molar-refractivity contribution in [2.24, 2.45) is 0 Å². The van der Waals surface area contributed by atoms with Crippen molar-refractivity contribution in [1.29, 1.82) is 0 Å². The summed E-state index contributed by atoms with van der Waals surface area (Å²) in [4.78, 5) is 41.6. The molecule has 0 radical (unpaired) electrons. The second kappa shape index (κ2) is 10.1. The Balaban J connectivity index is 1.41. The molecule has 3 aromatic heterocycles. The van der Waals surface area contributed by atoms with Crippen molar-refractivity contribution in [3.05, 3.63) is 44.9 Å². The first kappa shape index (κ1) is 24.0. The van der Waals surface area contributed by atoms with Gasteiger partial charge in [-0.25, -0.2) is 14.8 Å². The normalized spacial score (nSPS) is 16.7. The summed E-state index contributed by atoms with van der Waals surface area (Å²) in [6, 6.07) is 3.93. The van der Waals surface area contributed by atoms with Crippen LogP contribution in [-0.4, -0.2) is 61.8 Å². The summed E-state index contributed by atoms with van der Waals surface area (Å²) >= 11 is 7.00. The van der Waals surface area contributed by atoms with Crippen LogP contribution in [0.1, 0.15) is 37.3 Å². The van der Waals surface area contributed by atoms with Gasteiger partial charge in [0.05, 0.1) is 16.4 Å². The molecule has 0 unspecified atom stereocenters.